The van der Waals surface area contributed by atoms with Gasteiger partial charge in [0.15, 0.2) is 0 Å². The van der Waals surface area contributed by atoms with E-state index in [0.29, 0.717) is 11.3 Å². The van der Waals surface area contributed by atoms with Crippen LogP contribution in [0.25, 0.3) is 0 Å². The van der Waals surface area contributed by atoms with E-state index in [0.717, 1.165) is 5.56 Å². The van der Waals surface area contributed by atoms with Crippen LogP contribution >= 0.6 is 0 Å². The number of methoxy groups -OCH3 is 1. The van der Waals surface area contributed by atoms with E-state index in [4.69, 9.17) is 4.74 Å². The summed E-state index contributed by atoms with van der Waals surface area (Å²) in [7, 11) is 1.55. The van der Waals surface area contributed by atoms with E-state index >= 15 is 0 Å². The van der Waals surface area contributed by atoms with E-state index in [2.05, 4.69) is 0 Å². The van der Waals surface area contributed by atoms with Crippen molar-refractivity contribution in [3.63, 3.8) is 0 Å². The first kappa shape index (κ1) is 12.0. The van der Waals surface area contributed by atoms with E-state index < -0.39 is 5.41 Å². The Kier molecular flexibility index (Phi) is 3.35. The third kappa shape index (κ3) is 2.29. The summed E-state index contributed by atoms with van der Waals surface area (Å²) in [5.74, 6) is 0.347. The predicted octanol–water partition coefficient (Wildman–Crippen LogP) is 2.41. The molecule has 1 rings (SSSR count). The minimum atomic E-state index is -0.502. The average Bonchev–Trinajstić information content (AvgIpc) is 2.16. The molecule has 0 aliphatic carbocycles. The monoisotopic (exact) mass is 212 g/mol. The quantitative estimate of drug-likeness (QED) is 0.833. The molecule has 3 heteroatoms. The average molecular weight is 212 g/mol. The van der Waals surface area contributed by atoms with Crippen molar-refractivity contribution in [1.82, 2.24) is 0 Å². The number of benzene rings is 1. The third-order valence-electron chi connectivity index (χ3n) is 2.57. The molecule has 0 aromatic heterocycles. The second-order valence-electron chi connectivity index (χ2n) is 4.35. The van der Waals surface area contributed by atoms with Gasteiger partial charge in [-0.05, 0) is 24.6 Å². The Morgan fingerprint density at radius 1 is 1.40 bits per heavy atom. The number of ether oxygens (including phenoxy) is 1. The number of hydrogen-bond donors (Lipinski definition) is 1. The van der Waals surface area contributed by atoms with Crippen molar-refractivity contribution in [2.45, 2.75) is 26.2 Å². The largest absolute Gasteiger partial charge is 0.496 e. The lowest BCUT2D eigenvalue weighted by Gasteiger charge is -2.25. The van der Waals surface area contributed by atoms with Crippen LogP contribution in [0.5, 0.6) is 5.75 Å². The number of halogens is 1. The van der Waals surface area contributed by atoms with Crippen molar-refractivity contribution >= 4 is 0 Å². The second-order valence-corrected chi connectivity index (χ2v) is 4.35. The van der Waals surface area contributed by atoms with Crippen LogP contribution in [0.2, 0.25) is 0 Å². The van der Waals surface area contributed by atoms with E-state index in [1.54, 1.807) is 14.0 Å². The molecule has 0 saturated heterocycles. The Morgan fingerprint density at radius 3 is 2.47 bits per heavy atom. The first-order chi connectivity index (χ1) is 6.92. The molecule has 0 aliphatic heterocycles. The maximum Gasteiger partial charge on any atom is 0.125 e. The number of aliphatic hydroxyl groups is 1. The molecule has 0 aliphatic rings. The van der Waals surface area contributed by atoms with Gasteiger partial charge in [-0.2, -0.15) is 0 Å². The molecule has 0 saturated carbocycles. The zero-order valence-electron chi connectivity index (χ0n) is 9.60. The van der Waals surface area contributed by atoms with Gasteiger partial charge in [0.05, 0.1) is 13.7 Å². The molecular weight excluding hydrogens is 195 g/mol. The van der Waals surface area contributed by atoms with E-state index in [9.17, 15) is 9.50 Å². The molecule has 15 heavy (non-hydrogen) atoms. The smallest absolute Gasteiger partial charge is 0.125 e. The fourth-order valence-corrected chi connectivity index (χ4v) is 1.59. The summed E-state index contributed by atoms with van der Waals surface area (Å²) >= 11 is 0. The van der Waals surface area contributed by atoms with Crippen molar-refractivity contribution < 1.29 is 14.2 Å². The zero-order valence-corrected chi connectivity index (χ0v) is 9.60. The van der Waals surface area contributed by atoms with Gasteiger partial charge < -0.3 is 9.84 Å². The Balaban J connectivity index is 3.39. The summed E-state index contributed by atoms with van der Waals surface area (Å²) in [5, 5.41) is 9.27. The molecular formula is C12H17FO2. The van der Waals surface area contributed by atoms with Crippen LogP contribution in [0.4, 0.5) is 4.39 Å². The molecule has 84 valence electrons. The first-order valence-electron chi connectivity index (χ1n) is 4.88. The van der Waals surface area contributed by atoms with Gasteiger partial charge in [0, 0.05) is 11.0 Å². The van der Waals surface area contributed by atoms with Gasteiger partial charge in [-0.25, -0.2) is 4.39 Å². The number of aryl methyl sites for hydroxylation is 1. The highest BCUT2D eigenvalue weighted by molar-refractivity contribution is 5.45. The molecule has 0 bridgehead atoms. The Hall–Kier alpha value is -1.09. The van der Waals surface area contributed by atoms with Crippen LogP contribution in [0.1, 0.15) is 25.0 Å². The van der Waals surface area contributed by atoms with Crippen LogP contribution in [0, 0.1) is 12.7 Å². The standard InChI is InChI=1S/C12H17FO2/c1-8-5-9(13)6-10(11(8)15-4)12(2,3)7-14/h5-6,14H,7H2,1-4H3. The maximum atomic E-state index is 13.3. The van der Waals surface area contributed by atoms with Crippen molar-refractivity contribution in [2.75, 3.05) is 13.7 Å². The van der Waals surface area contributed by atoms with Gasteiger partial charge >= 0.3 is 0 Å². The topological polar surface area (TPSA) is 29.5 Å². The van der Waals surface area contributed by atoms with Crippen molar-refractivity contribution in [2.24, 2.45) is 0 Å². The SMILES string of the molecule is COc1c(C)cc(F)cc1C(C)(C)CO. The van der Waals surface area contributed by atoms with Crippen molar-refractivity contribution in [1.29, 1.82) is 0 Å². The van der Waals surface area contributed by atoms with Crippen LogP contribution < -0.4 is 4.74 Å². The molecule has 1 N–H and O–H groups in total. The Morgan fingerprint density at radius 2 is 2.00 bits per heavy atom. The number of hydrogen-bond acceptors (Lipinski definition) is 2. The van der Waals surface area contributed by atoms with Gasteiger partial charge in [0.1, 0.15) is 11.6 Å². The van der Waals surface area contributed by atoms with Gasteiger partial charge in [-0.15, -0.1) is 0 Å². The Bertz CT molecular complexity index is 359. The summed E-state index contributed by atoms with van der Waals surface area (Å²) < 4.78 is 18.5. The second kappa shape index (κ2) is 4.19. The van der Waals surface area contributed by atoms with Crippen LogP contribution in [-0.2, 0) is 5.41 Å². The molecule has 0 unspecified atom stereocenters. The maximum absolute atomic E-state index is 13.3. The van der Waals surface area contributed by atoms with Crippen LogP contribution in [0.3, 0.4) is 0 Å². The van der Waals surface area contributed by atoms with Crippen molar-refractivity contribution in [3.05, 3.63) is 29.1 Å². The van der Waals surface area contributed by atoms with Gasteiger partial charge in [-0.3, -0.25) is 0 Å². The highest BCUT2D eigenvalue weighted by atomic mass is 19.1. The molecule has 0 amide bonds. The van der Waals surface area contributed by atoms with E-state index in [1.807, 2.05) is 13.8 Å². The summed E-state index contributed by atoms with van der Waals surface area (Å²) in [6.45, 7) is 5.44. The zero-order chi connectivity index (χ0) is 11.6. The lowest BCUT2D eigenvalue weighted by atomic mass is 9.84. The molecule has 0 heterocycles. The fourth-order valence-electron chi connectivity index (χ4n) is 1.59. The summed E-state index contributed by atoms with van der Waals surface area (Å²) in [4.78, 5) is 0. The third-order valence-corrected chi connectivity index (χ3v) is 2.57. The van der Waals surface area contributed by atoms with Gasteiger partial charge in [-0.1, -0.05) is 13.8 Å². The molecule has 0 atom stereocenters. The van der Waals surface area contributed by atoms with Gasteiger partial charge in [0.2, 0.25) is 0 Å². The molecule has 1 aromatic rings. The Labute approximate surface area is 89.7 Å². The number of rotatable bonds is 3. The minimum Gasteiger partial charge on any atom is -0.496 e. The lowest BCUT2D eigenvalue weighted by Crippen LogP contribution is -2.23. The van der Waals surface area contributed by atoms with E-state index in [1.165, 1.54) is 12.1 Å². The molecule has 0 fully saturated rings. The summed E-state index contributed by atoms with van der Waals surface area (Å²) in [5.41, 5.74) is 0.942. The molecule has 2 nitrogen and oxygen atoms in total. The molecule has 0 spiro atoms. The molecule has 1 aromatic carbocycles. The van der Waals surface area contributed by atoms with Crippen molar-refractivity contribution in [3.8, 4) is 5.75 Å². The highest BCUT2D eigenvalue weighted by Gasteiger charge is 2.25. The van der Waals surface area contributed by atoms with Gasteiger partial charge in [0.25, 0.3) is 0 Å². The first-order valence-corrected chi connectivity index (χ1v) is 4.88. The summed E-state index contributed by atoms with van der Waals surface area (Å²) in [6.07, 6.45) is 0. The van der Waals surface area contributed by atoms with E-state index in [-0.39, 0.29) is 12.4 Å². The number of aliphatic hydroxyl groups excluding tert-OH is 1. The highest BCUT2D eigenvalue weighted by Crippen LogP contribution is 2.34. The normalized spacial score (nSPS) is 11.6. The lowest BCUT2D eigenvalue weighted by molar-refractivity contribution is 0.214. The van der Waals surface area contributed by atoms with Crippen LogP contribution in [0.15, 0.2) is 12.1 Å². The molecule has 0 radical (unpaired) electrons. The predicted molar refractivity (Wildman–Crippen MR) is 57.8 cm³/mol. The summed E-state index contributed by atoms with van der Waals surface area (Å²) in [6, 6.07) is 2.85. The fraction of sp³-hybridized carbons (Fsp3) is 0.500. The minimum absolute atomic E-state index is 0.0494. The van der Waals surface area contributed by atoms with Crippen LogP contribution in [-0.4, -0.2) is 18.8 Å².